The highest BCUT2D eigenvalue weighted by molar-refractivity contribution is 7.45. The van der Waals surface area contributed by atoms with Gasteiger partial charge in [-0.05, 0) is 114 Å². The summed E-state index contributed by atoms with van der Waals surface area (Å²) in [6.45, 7) is 31.1. The second kappa shape index (κ2) is 76.1. The summed E-state index contributed by atoms with van der Waals surface area (Å²) in [5.74, 6) is 0. The average Bonchev–Trinajstić information content (AvgIpc) is 2.50. The number of ether oxygens (including phenoxy) is 7. The topological polar surface area (TPSA) is 254 Å². The van der Waals surface area contributed by atoms with Crippen LogP contribution in [0.15, 0.2) is 9.98 Å². The van der Waals surface area contributed by atoms with Crippen LogP contribution in [-0.2, 0) is 51.3 Å². The van der Waals surface area contributed by atoms with Crippen molar-refractivity contribution in [3.8, 4) is 0 Å². The van der Waals surface area contributed by atoms with Crippen LogP contribution in [0.1, 0.15) is 164 Å². The Hall–Kier alpha value is -0.880. The van der Waals surface area contributed by atoms with Gasteiger partial charge in [-0.15, -0.1) is 0 Å². The zero-order valence-corrected chi connectivity index (χ0v) is 53.8. The van der Waals surface area contributed by atoms with Gasteiger partial charge in [0.25, 0.3) is 0 Å². The Morgan fingerprint density at radius 1 is 0.423 bits per heavy atom. The zero-order chi connectivity index (χ0) is 70.4. The third kappa shape index (κ3) is 57.0. The minimum absolute atomic E-state index is 0.213. The first kappa shape index (κ1) is 67.9. The molecule has 0 radical (unpaired) electrons. The Bertz CT molecular complexity index is 1260. The minimum atomic E-state index is -1.42. The fourth-order valence-electron chi connectivity index (χ4n) is 6.18. The van der Waals surface area contributed by atoms with Crippen molar-refractivity contribution in [2.75, 3.05) is 161 Å². The molecule has 78 heavy (non-hydrogen) atoms. The quantitative estimate of drug-likeness (QED) is 0.0144. The smallest absolute Gasteiger partial charge is 0.322 e. The van der Waals surface area contributed by atoms with Gasteiger partial charge in [-0.2, -0.15) is 0 Å². The van der Waals surface area contributed by atoms with Gasteiger partial charge in [0.1, 0.15) is 0 Å². The number of hydrogen-bond acceptors (Lipinski definition) is 21. The second-order valence-corrected chi connectivity index (χ2v) is 19.8. The lowest BCUT2D eigenvalue weighted by molar-refractivity contribution is -0.107. The van der Waals surface area contributed by atoms with Crippen molar-refractivity contribution in [1.29, 1.82) is 8.59 Å². The average molecular weight is 1200 g/mol. The van der Waals surface area contributed by atoms with Crippen LogP contribution in [0.2, 0.25) is 0 Å². The van der Waals surface area contributed by atoms with E-state index in [9.17, 15) is 0 Å². The maximum Gasteiger partial charge on any atom is 0.322 e. The highest BCUT2D eigenvalue weighted by Crippen LogP contribution is 2.47. The summed E-state index contributed by atoms with van der Waals surface area (Å²) in [6, 6.07) is 0.970. The van der Waals surface area contributed by atoms with E-state index >= 15 is 0 Å². The molecule has 2 unspecified atom stereocenters. The molecule has 2 atom stereocenters. The van der Waals surface area contributed by atoms with E-state index in [1.165, 1.54) is 55.5 Å². The van der Waals surface area contributed by atoms with Gasteiger partial charge in [-0.25, -0.2) is 9.34 Å². The first-order valence-electron chi connectivity index (χ1n) is 33.4. The molecule has 0 aromatic rings. The monoisotopic (exact) mass is 1200 g/mol. The van der Waals surface area contributed by atoms with Gasteiger partial charge < -0.3 is 81.9 Å². The highest BCUT2D eigenvalue weighted by Gasteiger charge is 2.37. The molecule has 0 spiro atoms. The lowest BCUT2D eigenvalue weighted by atomic mass is 9.92. The second-order valence-electron chi connectivity index (χ2n) is 17.0. The van der Waals surface area contributed by atoms with Crippen molar-refractivity contribution in [3.05, 3.63) is 0 Å². The fraction of sp³-hybridized carbons (Fsp3) is 0.964. The molecule has 0 saturated heterocycles. The molecule has 0 saturated carbocycles. The van der Waals surface area contributed by atoms with Gasteiger partial charge in [0.15, 0.2) is 12.8 Å². The zero-order valence-electron chi connectivity index (χ0n) is 64.0. The number of rotatable bonds is 46. The van der Waals surface area contributed by atoms with Crippen molar-refractivity contribution in [1.82, 2.24) is 9.34 Å². The van der Waals surface area contributed by atoms with E-state index < -0.39 is 27.9 Å². The number of hydrogen-bond donors (Lipinski definition) is 6. The van der Waals surface area contributed by atoms with E-state index in [4.69, 9.17) is 68.1 Å². The van der Waals surface area contributed by atoms with E-state index in [0.717, 1.165) is 0 Å². The molecule has 0 fully saturated rings. The SMILES string of the molecule is [2H]CCCOCC(COCCC[2H])(COCCC[2H])COCCCOP(OC=NCC)N(C(C)C)C(C)C.[2H]CCCOCC(COCCC[2H])(COCCC[2H])COP(OC=NCC)N(C(C)C)C(C)C.[3H]OC.[3H]OC.[3H]OC.[3H]OC.[3H]OC.[3H]OC. The van der Waals surface area contributed by atoms with Crippen LogP contribution in [-0.4, -0.2) is 247 Å². The molecular formula is C55H128N4O17P2. The maximum atomic E-state index is 7.37. The summed E-state index contributed by atoms with van der Waals surface area (Å²) in [5, 5.41) is 21.0. The van der Waals surface area contributed by atoms with Crippen LogP contribution in [0.5, 0.6) is 0 Å². The molecule has 0 aliphatic rings. The van der Waals surface area contributed by atoms with Gasteiger partial charge in [0.2, 0.25) is 8.59 Å². The number of aliphatic imine (C=N–C) groups is 2. The van der Waals surface area contributed by atoms with E-state index in [1.54, 1.807) is 0 Å². The summed E-state index contributed by atoms with van der Waals surface area (Å²) in [4.78, 5) is 8.38. The molecule has 0 bridgehead atoms. The summed E-state index contributed by atoms with van der Waals surface area (Å²) in [6.07, 6.45) is 7.67. The van der Waals surface area contributed by atoms with Crippen molar-refractivity contribution in [2.45, 2.75) is 180 Å². The molecule has 0 amide bonds. The van der Waals surface area contributed by atoms with Gasteiger partial charge in [-0.3, -0.25) is 9.98 Å². The van der Waals surface area contributed by atoms with Crippen molar-refractivity contribution >= 4 is 29.9 Å². The van der Waals surface area contributed by atoms with E-state index in [2.05, 4.69) is 105 Å². The molecule has 21 nitrogen and oxygen atoms in total. The molecule has 23 heteroatoms. The Morgan fingerprint density at radius 2 is 0.667 bits per heavy atom. The molecule has 0 aromatic heterocycles. The summed E-state index contributed by atoms with van der Waals surface area (Å²) < 4.78 is 149. The first-order chi connectivity index (χ1) is 43.2. The van der Waals surface area contributed by atoms with Crippen LogP contribution >= 0.6 is 17.1 Å². The summed E-state index contributed by atoms with van der Waals surface area (Å²) >= 11 is 0. The molecule has 0 aliphatic carbocycles. The molecule has 0 aliphatic heterocycles. The van der Waals surface area contributed by atoms with Gasteiger partial charge in [0.05, 0.1) is 70.3 Å². The number of aliphatic hydroxyl groups is 6. The summed E-state index contributed by atoms with van der Waals surface area (Å²) in [5.41, 5.74) is -1.07. The van der Waals surface area contributed by atoms with Crippen molar-refractivity contribution in [3.63, 3.8) is 0 Å². The molecule has 0 rings (SSSR count). The lowest BCUT2D eigenvalue weighted by Crippen LogP contribution is -2.42. The lowest BCUT2D eigenvalue weighted by Gasteiger charge is -2.38. The summed E-state index contributed by atoms with van der Waals surface area (Å²) in [7, 11) is 5.06. The third-order valence-electron chi connectivity index (χ3n) is 8.99. The highest BCUT2D eigenvalue weighted by atomic mass is 31.2. The van der Waals surface area contributed by atoms with E-state index in [0.29, 0.717) is 205 Å². The Balaban J connectivity index is -0.000000197. The van der Waals surface area contributed by atoms with E-state index in [-0.39, 0.29) is 24.2 Å². The minimum Gasteiger partial charge on any atom is -0.425 e. The van der Waals surface area contributed by atoms with Crippen LogP contribution in [0.4, 0.5) is 0 Å². The number of aliphatic hydroxyl groups excluding tert-OH is 6. The molecule has 480 valence electrons. The Morgan fingerprint density at radius 3 is 0.910 bits per heavy atom. The van der Waals surface area contributed by atoms with Gasteiger partial charge in [-0.1, -0.05) is 41.4 Å². The first-order valence-corrected chi connectivity index (χ1v) is 29.0. The molecule has 0 aromatic carbocycles. The predicted octanol–water partition coefficient (Wildman–Crippen LogP) is 9.42. The largest absolute Gasteiger partial charge is 0.425 e. The Kier molecular flexibility index (Phi) is 66.3. The van der Waals surface area contributed by atoms with Crippen molar-refractivity contribution < 1.29 is 90.1 Å². The van der Waals surface area contributed by atoms with Gasteiger partial charge >= 0.3 is 17.1 Å². The third-order valence-corrected chi connectivity index (χ3v) is 12.9. The van der Waals surface area contributed by atoms with Crippen LogP contribution < -0.4 is 0 Å². The van der Waals surface area contributed by atoms with Crippen LogP contribution in [0.3, 0.4) is 0 Å². The molecule has 0 heterocycles. The normalized spacial score (nSPS) is 14.0. The molecule has 6 N–H and O–H groups in total. The Labute approximate surface area is 499 Å². The van der Waals surface area contributed by atoms with Gasteiger partial charge in [0, 0.05) is 134 Å². The number of nitrogens with zero attached hydrogens (tertiary/aromatic N) is 4. The maximum absolute atomic E-state index is 7.37. The fourth-order valence-corrected chi connectivity index (χ4v) is 9.25. The van der Waals surface area contributed by atoms with Crippen LogP contribution in [0, 0.1) is 10.8 Å². The van der Waals surface area contributed by atoms with E-state index in [1.807, 2.05) is 13.8 Å². The van der Waals surface area contributed by atoms with Crippen molar-refractivity contribution in [2.24, 2.45) is 20.8 Å². The molecular weight excluding hydrogens is 1050 g/mol. The standard InChI is InChI=1S/C26H55N2O6P.C23H49N2O5P.6CH4O/c1-9-14-29-19-26(20-30-15-10-2,21-31-16-11-3)22-32-17-13-18-33-35(34-23-27-12-4)28(24(5)6)25(7)8;1-9-13-26-16-23(17-27-14-10-2,18-28-15-11-3)19-29-31(30-20-24-12-4)25(21(5)6)22(7)8;6*1-2/h23-25H,9-22H2,1-8H3;20-22H,9-19H2,1-8H3;6*2H,1H3/i2*1D,2D,3D;6*2T. The predicted molar refractivity (Wildman–Crippen MR) is 326 cm³/mol. The van der Waals surface area contributed by atoms with Crippen LogP contribution in [0.25, 0.3) is 0 Å².